The first-order chi connectivity index (χ1) is 25.8. The van der Waals surface area contributed by atoms with Gasteiger partial charge in [0.15, 0.2) is 5.82 Å². The van der Waals surface area contributed by atoms with Gasteiger partial charge in [0.25, 0.3) is 0 Å². The van der Waals surface area contributed by atoms with Gasteiger partial charge >= 0.3 is 0 Å². The lowest BCUT2D eigenvalue weighted by Gasteiger charge is -2.14. The molecule has 0 saturated carbocycles. The highest BCUT2D eigenvalue weighted by atomic mass is 15.1. The molecule has 0 spiro atoms. The maximum atomic E-state index is 5.40. The number of pyridine rings is 1. The maximum Gasteiger partial charge on any atom is 0.165 e. The number of benzene rings is 7. The lowest BCUT2D eigenvalue weighted by Crippen LogP contribution is -2.04. The SMILES string of the molecule is c1ccc(-c2ccc3c(c2)c2cc4c5cc6ccccc6cc5n(-c5nc6ccccc6nc5-c5ccccc5)c4cc2n3-c2ccccn2)cc1. The van der Waals surface area contributed by atoms with E-state index >= 15 is 0 Å². The van der Waals surface area contributed by atoms with Crippen LogP contribution in [0.3, 0.4) is 0 Å². The first-order valence-corrected chi connectivity index (χ1v) is 17.5. The lowest BCUT2D eigenvalue weighted by molar-refractivity contribution is 1.07. The van der Waals surface area contributed by atoms with Gasteiger partial charge in [-0.15, -0.1) is 0 Å². The summed E-state index contributed by atoms with van der Waals surface area (Å²) in [5.41, 5.74) is 10.3. The van der Waals surface area contributed by atoms with Crippen LogP contribution in [-0.4, -0.2) is 24.1 Å². The molecule has 0 fully saturated rings. The largest absolute Gasteiger partial charge is 0.294 e. The minimum atomic E-state index is 0.798. The fourth-order valence-electron chi connectivity index (χ4n) is 7.92. The van der Waals surface area contributed by atoms with Crippen LogP contribution >= 0.6 is 0 Å². The zero-order chi connectivity index (χ0) is 34.2. The van der Waals surface area contributed by atoms with Crippen molar-refractivity contribution in [3.63, 3.8) is 0 Å². The zero-order valence-electron chi connectivity index (χ0n) is 28.0. The van der Waals surface area contributed by atoms with Crippen LogP contribution in [0.5, 0.6) is 0 Å². The van der Waals surface area contributed by atoms with Gasteiger partial charge < -0.3 is 0 Å². The van der Waals surface area contributed by atoms with E-state index < -0.39 is 0 Å². The number of rotatable bonds is 4. The van der Waals surface area contributed by atoms with E-state index in [1.54, 1.807) is 0 Å². The number of hydrogen-bond acceptors (Lipinski definition) is 3. The van der Waals surface area contributed by atoms with E-state index in [1.807, 2.05) is 42.6 Å². The van der Waals surface area contributed by atoms with Crippen LogP contribution in [0.25, 0.3) is 99.4 Å². The second-order valence-electron chi connectivity index (χ2n) is 13.3. The van der Waals surface area contributed by atoms with Gasteiger partial charge in [-0.2, -0.15) is 0 Å². The molecule has 0 bridgehead atoms. The van der Waals surface area contributed by atoms with E-state index in [4.69, 9.17) is 15.0 Å². The molecule has 0 amide bonds. The third kappa shape index (κ3) is 4.33. The molecule has 0 radical (unpaired) electrons. The highest BCUT2D eigenvalue weighted by Crippen LogP contribution is 2.42. The van der Waals surface area contributed by atoms with Crippen LogP contribution in [0, 0.1) is 0 Å². The molecular formula is C47H29N5. The zero-order valence-corrected chi connectivity index (χ0v) is 28.0. The molecular weight excluding hydrogens is 635 g/mol. The summed E-state index contributed by atoms with van der Waals surface area (Å²) in [6.45, 7) is 0. The first kappa shape index (κ1) is 28.7. The molecule has 11 rings (SSSR count). The lowest BCUT2D eigenvalue weighted by atomic mass is 10.0. The van der Waals surface area contributed by atoms with Crippen LogP contribution in [0.2, 0.25) is 0 Å². The van der Waals surface area contributed by atoms with Crippen LogP contribution in [-0.2, 0) is 0 Å². The number of fused-ring (bicyclic) bond motifs is 8. The van der Waals surface area contributed by atoms with Gasteiger partial charge in [-0.3, -0.25) is 9.13 Å². The number of hydrogen-bond donors (Lipinski definition) is 0. The first-order valence-electron chi connectivity index (χ1n) is 17.5. The molecule has 0 atom stereocenters. The van der Waals surface area contributed by atoms with Gasteiger partial charge in [0.1, 0.15) is 11.5 Å². The van der Waals surface area contributed by atoms with Gasteiger partial charge in [0, 0.05) is 33.3 Å². The van der Waals surface area contributed by atoms with Crippen molar-refractivity contribution < 1.29 is 0 Å². The minimum Gasteiger partial charge on any atom is -0.294 e. The van der Waals surface area contributed by atoms with Crippen molar-refractivity contribution in [2.75, 3.05) is 0 Å². The Morgan fingerprint density at radius 2 is 0.962 bits per heavy atom. The average molecular weight is 664 g/mol. The van der Waals surface area contributed by atoms with Crippen molar-refractivity contribution in [1.29, 1.82) is 0 Å². The molecule has 0 aliphatic heterocycles. The summed E-state index contributed by atoms with van der Waals surface area (Å²) in [5.74, 6) is 1.67. The summed E-state index contributed by atoms with van der Waals surface area (Å²) in [7, 11) is 0. The summed E-state index contributed by atoms with van der Waals surface area (Å²) >= 11 is 0. The third-order valence-electron chi connectivity index (χ3n) is 10.3. The summed E-state index contributed by atoms with van der Waals surface area (Å²) in [6.07, 6.45) is 1.86. The Morgan fingerprint density at radius 3 is 1.71 bits per heavy atom. The van der Waals surface area contributed by atoms with Crippen LogP contribution < -0.4 is 0 Å². The molecule has 0 saturated heterocycles. The highest BCUT2D eigenvalue weighted by molar-refractivity contribution is 6.21. The van der Waals surface area contributed by atoms with Crippen LogP contribution in [0.4, 0.5) is 0 Å². The van der Waals surface area contributed by atoms with Crippen molar-refractivity contribution in [3.8, 4) is 34.0 Å². The normalized spacial score (nSPS) is 11.8. The second-order valence-corrected chi connectivity index (χ2v) is 13.3. The van der Waals surface area contributed by atoms with Gasteiger partial charge in [0.05, 0.1) is 33.1 Å². The number of aromatic nitrogens is 5. The summed E-state index contributed by atoms with van der Waals surface area (Å²) in [4.78, 5) is 15.5. The monoisotopic (exact) mass is 663 g/mol. The van der Waals surface area contributed by atoms with E-state index in [-0.39, 0.29) is 0 Å². The van der Waals surface area contributed by atoms with Crippen molar-refractivity contribution in [2.45, 2.75) is 0 Å². The van der Waals surface area contributed by atoms with Gasteiger partial charge in [-0.25, -0.2) is 15.0 Å². The van der Waals surface area contributed by atoms with E-state index in [2.05, 4.69) is 143 Å². The fraction of sp³-hybridized carbons (Fsp3) is 0. The molecule has 242 valence electrons. The topological polar surface area (TPSA) is 48.5 Å². The second kappa shape index (κ2) is 11.2. The third-order valence-corrected chi connectivity index (χ3v) is 10.3. The average Bonchev–Trinajstić information content (AvgIpc) is 3.70. The summed E-state index contributed by atoms with van der Waals surface area (Å²) in [6, 6.07) is 60.0. The quantitative estimate of drug-likeness (QED) is 0.188. The van der Waals surface area contributed by atoms with Crippen molar-refractivity contribution in [2.24, 2.45) is 0 Å². The molecule has 0 aliphatic carbocycles. The Labute approximate surface area is 298 Å². The van der Waals surface area contributed by atoms with Gasteiger partial charge in [-0.1, -0.05) is 109 Å². The van der Waals surface area contributed by atoms with E-state index in [9.17, 15) is 0 Å². The molecule has 7 aromatic carbocycles. The molecule has 5 nitrogen and oxygen atoms in total. The molecule has 0 aliphatic rings. The molecule has 11 aromatic rings. The fourth-order valence-corrected chi connectivity index (χ4v) is 7.92. The summed E-state index contributed by atoms with van der Waals surface area (Å²) < 4.78 is 4.62. The Kier molecular flexibility index (Phi) is 6.18. The highest BCUT2D eigenvalue weighted by Gasteiger charge is 2.23. The molecule has 4 heterocycles. The molecule has 4 aromatic heterocycles. The minimum absolute atomic E-state index is 0.798. The number of para-hydroxylation sites is 2. The van der Waals surface area contributed by atoms with E-state index in [0.29, 0.717) is 0 Å². The van der Waals surface area contributed by atoms with Crippen molar-refractivity contribution in [1.82, 2.24) is 24.1 Å². The van der Waals surface area contributed by atoms with Crippen LogP contribution in [0.1, 0.15) is 0 Å². The maximum absolute atomic E-state index is 5.40. The Bertz CT molecular complexity index is 3160. The predicted octanol–water partition coefficient (Wildman–Crippen LogP) is 11.7. The van der Waals surface area contributed by atoms with E-state index in [1.165, 1.54) is 38.1 Å². The Hall–Kier alpha value is -7.11. The standard InChI is InChI=1S/C47H29N5/c1-3-13-30(14-4-1)34-22-23-41-35(26-34)37-28-38-36-25-32-17-7-8-18-33(32)27-42(36)52(44(38)29-43(37)51(41)45-21-11-12-24-48-45)47-46(31-15-5-2-6-16-31)49-39-19-9-10-20-40(39)50-47/h1-29H. The van der Waals surface area contributed by atoms with Crippen molar-refractivity contribution in [3.05, 3.63) is 176 Å². The summed E-state index contributed by atoms with van der Waals surface area (Å²) in [5, 5.41) is 7.06. The predicted molar refractivity (Wildman–Crippen MR) is 214 cm³/mol. The van der Waals surface area contributed by atoms with Crippen LogP contribution in [0.15, 0.2) is 176 Å². The Balaban J connectivity index is 1.32. The number of nitrogens with zero attached hydrogens (tertiary/aromatic N) is 5. The van der Waals surface area contributed by atoms with Gasteiger partial charge in [-0.05, 0) is 82.6 Å². The van der Waals surface area contributed by atoms with Gasteiger partial charge in [0.2, 0.25) is 0 Å². The molecule has 0 N–H and O–H groups in total. The molecule has 5 heteroatoms. The Morgan fingerprint density at radius 1 is 0.365 bits per heavy atom. The van der Waals surface area contributed by atoms with Crippen molar-refractivity contribution >= 4 is 65.4 Å². The molecule has 0 unspecified atom stereocenters. The smallest absolute Gasteiger partial charge is 0.165 e. The molecule has 52 heavy (non-hydrogen) atoms. The van der Waals surface area contributed by atoms with E-state index in [0.717, 1.165) is 61.4 Å².